The number of guanidine groups is 1. The molecule has 23 heavy (non-hydrogen) atoms. The van der Waals surface area contributed by atoms with Crippen molar-refractivity contribution in [3.05, 3.63) is 24.3 Å². The number of methoxy groups -OCH3 is 1. The zero-order valence-electron chi connectivity index (χ0n) is 14.1. The molecule has 0 aliphatic carbocycles. The zero-order valence-corrected chi connectivity index (χ0v) is 16.4. The highest BCUT2D eigenvalue weighted by Gasteiger charge is 2.14. The van der Waals surface area contributed by atoms with Crippen molar-refractivity contribution in [2.24, 2.45) is 4.99 Å². The molecule has 0 unspecified atom stereocenters. The molecule has 0 saturated carbocycles. The quantitative estimate of drug-likeness (QED) is 0.311. The van der Waals surface area contributed by atoms with Crippen molar-refractivity contribution >= 4 is 29.9 Å². The van der Waals surface area contributed by atoms with Gasteiger partial charge in [-0.3, -0.25) is 4.99 Å². The number of benzene rings is 1. The molecule has 1 aromatic rings. The second kappa shape index (κ2) is 11.4. The summed E-state index contributed by atoms with van der Waals surface area (Å²) < 4.78 is 10.9. The first-order chi connectivity index (χ1) is 10.8. The van der Waals surface area contributed by atoms with Gasteiger partial charge in [0, 0.05) is 38.7 Å². The van der Waals surface area contributed by atoms with Crippen LogP contribution in [0.4, 0.5) is 0 Å². The van der Waals surface area contributed by atoms with Crippen LogP contribution in [0.25, 0.3) is 0 Å². The molecular formula is C17H28IN3O2. The number of ether oxygens (including phenoxy) is 2. The summed E-state index contributed by atoms with van der Waals surface area (Å²) in [4.78, 5) is 7.03. The van der Waals surface area contributed by atoms with Crippen molar-refractivity contribution in [1.29, 1.82) is 0 Å². The van der Waals surface area contributed by atoms with E-state index in [2.05, 4.69) is 22.1 Å². The fraction of sp³-hybridized carbons (Fsp3) is 0.588. The summed E-state index contributed by atoms with van der Waals surface area (Å²) >= 11 is 0. The molecule has 130 valence electrons. The molecule has 1 aliphatic rings. The number of nitrogens with zero attached hydrogens (tertiary/aromatic N) is 2. The monoisotopic (exact) mass is 433 g/mol. The van der Waals surface area contributed by atoms with E-state index in [0.29, 0.717) is 6.61 Å². The Morgan fingerprint density at radius 2 is 2.00 bits per heavy atom. The van der Waals surface area contributed by atoms with Crippen molar-refractivity contribution < 1.29 is 9.47 Å². The smallest absolute Gasteiger partial charge is 0.193 e. The maximum absolute atomic E-state index is 5.73. The minimum Gasteiger partial charge on any atom is -0.497 e. The molecule has 5 nitrogen and oxygen atoms in total. The van der Waals surface area contributed by atoms with Crippen molar-refractivity contribution in [1.82, 2.24) is 10.2 Å². The number of nitrogens with one attached hydrogen (secondary N) is 1. The van der Waals surface area contributed by atoms with Gasteiger partial charge in [0.05, 0.1) is 13.7 Å². The van der Waals surface area contributed by atoms with Crippen LogP contribution in [-0.2, 0) is 0 Å². The maximum atomic E-state index is 5.73. The summed E-state index contributed by atoms with van der Waals surface area (Å²) in [5.41, 5.74) is 0. The molecule has 0 atom stereocenters. The van der Waals surface area contributed by atoms with Gasteiger partial charge in [0.15, 0.2) is 5.96 Å². The Kier molecular flexibility index (Phi) is 9.82. The molecule has 0 radical (unpaired) electrons. The van der Waals surface area contributed by atoms with Crippen LogP contribution in [0.2, 0.25) is 0 Å². The van der Waals surface area contributed by atoms with Gasteiger partial charge in [-0.1, -0.05) is 6.07 Å². The van der Waals surface area contributed by atoms with Gasteiger partial charge in [-0.15, -0.1) is 24.0 Å². The van der Waals surface area contributed by atoms with Crippen molar-refractivity contribution in [2.45, 2.75) is 26.2 Å². The standard InChI is InChI=1S/C17H27N3O2.HI/c1-3-18-17(20-11-4-5-12-20)19-10-7-13-22-16-9-6-8-15(14-16)21-2;/h6,8-9,14H,3-5,7,10-13H2,1-2H3,(H,18,19);1H. The van der Waals surface area contributed by atoms with E-state index in [-0.39, 0.29) is 24.0 Å². The first kappa shape index (κ1) is 19.9. The molecule has 0 amide bonds. The summed E-state index contributed by atoms with van der Waals surface area (Å²) in [6, 6.07) is 7.69. The van der Waals surface area contributed by atoms with E-state index in [1.165, 1.54) is 12.8 Å². The second-order valence-corrected chi connectivity index (χ2v) is 5.31. The van der Waals surface area contributed by atoms with Gasteiger partial charge in [0.2, 0.25) is 0 Å². The Labute approximate surface area is 156 Å². The lowest BCUT2D eigenvalue weighted by atomic mass is 10.3. The van der Waals surface area contributed by atoms with E-state index in [1.807, 2.05) is 24.3 Å². The van der Waals surface area contributed by atoms with E-state index in [4.69, 9.17) is 9.47 Å². The third-order valence-corrected chi connectivity index (χ3v) is 3.61. The minimum atomic E-state index is 0. The van der Waals surface area contributed by atoms with Gasteiger partial charge in [0.1, 0.15) is 11.5 Å². The van der Waals surface area contributed by atoms with Crippen LogP contribution in [0.5, 0.6) is 11.5 Å². The van der Waals surface area contributed by atoms with Crippen LogP contribution in [0, 0.1) is 0 Å². The third kappa shape index (κ3) is 6.85. The highest BCUT2D eigenvalue weighted by molar-refractivity contribution is 14.0. The van der Waals surface area contributed by atoms with E-state index in [1.54, 1.807) is 7.11 Å². The summed E-state index contributed by atoms with van der Waals surface area (Å²) in [6.45, 7) is 6.70. The number of likely N-dealkylation sites (tertiary alicyclic amines) is 1. The predicted octanol–water partition coefficient (Wildman–Crippen LogP) is 3.14. The normalized spacial score (nSPS) is 14.3. The zero-order chi connectivity index (χ0) is 15.6. The number of halogens is 1. The molecule has 1 heterocycles. The van der Waals surface area contributed by atoms with E-state index in [0.717, 1.165) is 50.1 Å². The van der Waals surface area contributed by atoms with Crippen LogP contribution < -0.4 is 14.8 Å². The molecule has 1 aromatic carbocycles. The lowest BCUT2D eigenvalue weighted by Crippen LogP contribution is -2.39. The Bertz CT molecular complexity index is 477. The summed E-state index contributed by atoms with van der Waals surface area (Å²) in [5.74, 6) is 2.70. The largest absolute Gasteiger partial charge is 0.497 e. The number of hydrogen-bond donors (Lipinski definition) is 1. The van der Waals surface area contributed by atoms with Crippen LogP contribution >= 0.6 is 24.0 Å². The second-order valence-electron chi connectivity index (χ2n) is 5.31. The van der Waals surface area contributed by atoms with Crippen LogP contribution in [0.1, 0.15) is 26.2 Å². The first-order valence-electron chi connectivity index (χ1n) is 8.13. The van der Waals surface area contributed by atoms with Crippen LogP contribution in [0.3, 0.4) is 0 Å². The Hall–Kier alpha value is -1.18. The lowest BCUT2D eigenvalue weighted by Gasteiger charge is -2.20. The van der Waals surface area contributed by atoms with E-state index < -0.39 is 0 Å². The number of aliphatic imine (C=N–C) groups is 1. The molecule has 0 aromatic heterocycles. The number of rotatable bonds is 7. The Morgan fingerprint density at radius 3 is 2.70 bits per heavy atom. The molecule has 1 aliphatic heterocycles. The molecule has 2 rings (SSSR count). The highest BCUT2D eigenvalue weighted by atomic mass is 127. The summed E-state index contributed by atoms with van der Waals surface area (Å²) in [6.07, 6.45) is 3.44. The highest BCUT2D eigenvalue weighted by Crippen LogP contribution is 2.18. The Morgan fingerprint density at radius 1 is 1.26 bits per heavy atom. The Balaban J connectivity index is 0.00000264. The van der Waals surface area contributed by atoms with E-state index >= 15 is 0 Å². The first-order valence-corrected chi connectivity index (χ1v) is 8.13. The lowest BCUT2D eigenvalue weighted by molar-refractivity contribution is 0.310. The molecule has 1 fully saturated rings. The van der Waals surface area contributed by atoms with Gasteiger partial charge in [0.25, 0.3) is 0 Å². The SMILES string of the molecule is CCNC(=NCCCOc1cccc(OC)c1)N1CCCC1.I. The minimum absolute atomic E-state index is 0. The van der Waals surface area contributed by atoms with Gasteiger partial charge in [-0.05, 0) is 31.9 Å². The van der Waals surface area contributed by atoms with E-state index in [9.17, 15) is 0 Å². The molecule has 0 spiro atoms. The average molecular weight is 433 g/mol. The van der Waals surface area contributed by atoms with Crippen molar-refractivity contribution in [2.75, 3.05) is 39.9 Å². The predicted molar refractivity (Wildman–Crippen MR) is 105 cm³/mol. The molecule has 1 N–H and O–H groups in total. The van der Waals surface area contributed by atoms with Crippen molar-refractivity contribution in [3.63, 3.8) is 0 Å². The molecule has 0 bridgehead atoms. The van der Waals surface area contributed by atoms with Crippen molar-refractivity contribution in [3.8, 4) is 11.5 Å². The fourth-order valence-electron chi connectivity index (χ4n) is 2.49. The summed E-state index contributed by atoms with van der Waals surface area (Å²) in [5, 5.41) is 3.37. The molecular weight excluding hydrogens is 405 g/mol. The van der Waals surface area contributed by atoms with Crippen LogP contribution in [0.15, 0.2) is 29.3 Å². The molecule has 6 heteroatoms. The summed E-state index contributed by atoms with van der Waals surface area (Å²) in [7, 11) is 1.66. The van der Waals surface area contributed by atoms with Crippen LogP contribution in [-0.4, -0.2) is 50.8 Å². The maximum Gasteiger partial charge on any atom is 0.193 e. The van der Waals surface area contributed by atoms with Gasteiger partial charge < -0.3 is 19.7 Å². The fourth-order valence-corrected chi connectivity index (χ4v) is 2.49. The average Bonchev–Trinajstić information content (AvgIpc) is 3.08. The van der Waals surface area contributed by atoms with Gasteiger partial charge in [-0.25, -0.2) is 0 Å². The molecule has 1 saturated heterocycles. The topological polar surface area (TPSA) is 46.1 Å². The third-order valence-electron chi connectivity index (χ3n) is 3.61. The van der Waals surface area contributed by atoms with Gasteiger partial charge >= 0.3 is 0 Å². The van der Waals surface area contributed by atoms with Gasteiger partial charge in [-0.2, -0.15) is 0 Å². The number of hydrogen-bond acceptors (Lipinski definition) is 3.